The number of rotatable bonds is 4. The molecule has 0 fully saturated rings. The smallest absolute Gasteiger partial charge is 0.316 e. The number of aryl methyl sites for hydroxylation is 1. The molecule has 3 aromatic rings. The molecule has 0 unspecified atom stereocenters. The molecule has 25 heavy (non-hydrogen) atoms. The Morgan fingerprint density at radius 2 is 1.96 bits per heavy atom. The van der Waals surface area contributed by atoms with Crippen molar-refractivity contribution in [3.05, 3.63) is 86.6 Å². The van der Waals surface area contributed by atoms with E-state index in [1.807, 2.05) is 36.4 Å². The maximum Gasteiger partial charge on any atom is 0.316 e. The highest BCUT2D eigenvalue weighted by molar-refractivity contribution is 6.10. The van der Waals surface area contributed by atoms with Gasteiger partial charge >= 0.3 is 11.1 Å². The first kappa shape index (κ1) is 16.4. The van der Waals surface area contributed by atoms with Crippen LogP contribution in [0.25, 0.3) is 16.6 Å². The van der Waals surface area contributed by atoms with Gasteiger partial charge in [0.15, 0.2) is 0 Å². The zero-order valence-corrected chi connectivity index (χ0v) is 13.8. The van der Waals surface area contributed by atoms with Crippen molar-refractivity contribution in [3.8, 4) is 0 Å². The van der Waals surface area contributed by atoms with E-state index in [1.54, 1.807) is 25.4 Å². The number of nitrogens with zero attached hydrogens (tertiary/aromatic N) is 2. The van der Waals surface area contributed by atoms with Gasteiger partial charge in [-0.05, 0) is 23.3 Å². The zero-order chi connectivity index (χ0) is 17.8. The van der Waals surface area contributed by atoms with Crippen LogP contribution >= 0.6 is 0 Å². The molecule has 6 heteroatoms. The quantitative estimate of drug-likeness (QED) is 0.563. The van der Waals surface area contributed by atoms with E-state index in [1.165, 1.54) is 10.8 Å². The van der Waals surface area contributed by atoms with E-state index in [4.69, 9.17) is 5.73 Å². The first-order valence-corrected chi connectivity index (χ1v) is 7.79. The number of nitrogens with two attached hydrogens (primary N) is 1. The molecule has 1 aromatic heterocycles. The van der Waals surface area contributed by atoms with Crippen molar-refractivity contribution in [3.63, 3.8) is 0 Å². The highest BCUT2D eigenvalue weighted by atomic mass is 16.2. The van der Waals surface area contributed by atoms with Crippen LogP contribution in [0.1, 0.15) is 11.1 Å². The molecule has 0 aliphatic carbocycles. The Morgan fingerprint density at radius 1 is 1.20 bits per heavy atom. The van der Waals surface area contributed by atoms with Gasteiger partial charge in [-0.1, -0.05) is 36.4 Å². The number of nitrogens with one attached hydrogen (secondary N) is 1. The van der Waals surface area contributed by atoms with Crippen molar-refractivity contribution in [1.82, 2.24) is 9.55 Å². The van der Waals surface area contributed by atoms with Crippen molar-refractivity contribution in [2.75, 3.05) is 0 Å². The van der Waals surface area contributed by atoms with Gasteiger partial charge in [-0.15, -0.1) is 0 Å². The first-order chi connectivity index (χ1) is 12.1. The normalized spacial score (nSPS) is 12.1. The summed E-state index contributed by atoms with van der Waals surface area (Å²) in [4.78, 5) is 30.4. The summed E-state index contributed by atoms with van der Waals surface area (Å²) in [5, 5.41) is 0. The maximum atomic E-state index is 11.8. The SMILES string of the molecule is Cn1c(=O)c(=O)[nH]c2ccc(C(C=NCc3ccccc3)=CN)cc21. The van der Waals surface area contributed by atoms with Gasteiger partial charge < -0.3 is 15.3 Å². The number of aromatic nitrogens is 2. The second-order valence-corrected chi connectivity index (χ2v) is 5.63. The monoisotopic (exact) mass is 334 g/mol. The highest BCUT2D eigenvalue weighted by Crippen LogP contribution is 2.17. The van der Waals surface area contributed by atoms with Crippen LogP contribution in [0.3, 0.4) is 0 Å². The van der Waals surface area contributed by atoms with E-state index in [-0.39, 0.29) is 0 Å². The number of benzene rings is 2. The third kappa shape index (κ3) is 3.42. The fraction of sp³-hybridized carbons (Fsp3) is 0.105. The molecule has 0 bridgehead atoms. The lowest BCUT2D eigenvalue weighted by Gasteiger charge is -2.07. The molecule has 6 nitrogen and oxygen atoms in total. The molecular formula is C19H18N4O2. The van der Waals surface area contributed by atoms with Crippen LogP contribution in [0, 0.1) is 0 Å². The molecule has 0 aliphatic heterocycles. The summed E-state index contributed by atoms with van der Waals surface area (Å²) in [6.45, 7) is 0.553. The van der Waals surface area contributed by atoms with E-state index in [2.05, 4.69) is 9.98 Å². The third-order valence-electron chi connectivity index (χ3n) is 3.97. The minimum absolute atomic E-state index is 0.553. The van der Waals surface area contributed by atoms with Crippen molar-refractivity contribution >= 4 is 22.8 Å². The summed E-state index contributed by atoms with van der Waals surface area (Å²) in [6, 6.07) is 15.3. The first-order valence-electron chi connectivity index (χ1n) is 7.79. The Balaban J connectivity index is 1.93. The molecule has 0 amide bonds. The van der Waals surface area contributed by atoms with Crippen molar-refractivity contribution in [2.45, 2.75) is 6.54 Å². The van der Waals surface area contributed by atoms with Gasteiger partial charge in [-0.3, -0.25) is 14.6 Å². The van der Waals surface area contributed by atoms with E-state index in [9.17, 15) is 9.59 Å². The topological polar surface area (TPSA) is 93.2 Å². The van der Waals surface area contributed by atoms with Crippen molar-refractivity contribution in [1.29, 1.82) is 0 Å². The maximum absolute atomic E-state index is 11.8. The lowest BCUT2D eigenvalue weighted by atomic mass is 10.1. The molecule has 0 spiro atoms. The molecule has 126 valence electrons. The van der Waals surface area contributed by atoms with Crippen LogP contribution in [-0.2, 0) is 13.6 Å². The molecule has 3 N–H and O–H groups in total. The van der Waals surface area contributed by atoms with Gasteiger partial charge in [0.1, 0.15) is 0 Å². The largest absolute Gasteiger partial charge is 0.404 e. The van der Waals surface area contributed by atoms with Crippen molar-refractivity contribution in [2.24, 2.45) is 17.8 Å². The van der Waals surface area contributed by atoms with Gasteiger partial charge in [0, 0.05) is 25.0 Å². The van der Waals surface area contributed by atoms with Crippen LogP contribution in [0.5, 0.6) is 0 Å². The number of aromatic amines is 1. The summed E-state index contributed by atoms with van der Waals surface area (Å²) < 4.78 is 1.33. The minimum Gasteiger partial charge on any atom is -0.404 e. The summed E-state index contributed by atoms with van der Waals surface area (Å²) >= 11 is 0. The minimum atomic E-state index is -0.637. The second-order valence-electron chi connectivity index (χ2n) is 5.63. The predicted octanol–water partition coefficient (Wildman–Crippen LogP) is 1.80. The average molecular weight is 334 g/mol. The number of allylic oxidation sites excluding steroid dienone is 1. The predicted molar refractivity (Wildman–Crippen MR) is 101 cm³/mol. The Morgan fingerprint density at radius 3 is 2.68 bits per heavy atom. The van der Waals surface area contributed by atoms with E-state index in [0.717, 1.165) is 16.7 Å². The van der Waals surface area contributed by atoms with E-state index >= 15 is 0 Å². The summed E-state index contributed by atoms with van der Waals surface area (Å²) in [6.07, 6.45) is 3.18. The van der Waals surface area contributed by atoms with Crippen LogP contribution in [0.4, 0.5) is 0 Å². The summed E-state index contributed by atoms with van der Waals surface area (Å²) in [5.41, 5.74) is 8.37. The van der Waals surface area contributed by atoms with E-state index in [0.29, 0.717) is 17.6 Å². The van der Waals surface area contributed by atoms with Gasteiger partial charge in [-0.25, -0.2) is 0 Å². The Bertz CT molecular complexity index is 1080. The molecule has 1 heterocycles. The number of fused-ring (bicyclic) bond motifs is 1. The summed E-state index contributed by atoms with van der Waals surface area (Å²) in [7, 11) is 1.57. The third-order valence-corrected chi connectivity index (χ3v) is 3.97. The number of H-pyrrole nitrogens is 1. The number of hydrogen-bond acceptors (Lipinski definition) is 4. The molecule has 0 aliphatic rings. The Hall–Kier alpha value is -3.41. The molecule has 0 atom stereocenters. The standard InChI is InChI=1S/C19H18N4O2/c1-23-17-9-14(7-8-16(17)22-18(24)19(23)25)15(10-20)12-21-11-13-5-3-2-4-6-13/h2-10,12H,11,20H2,1H3,(H,22,24). The molecular weight excluding hydrogens is 316 g/mol. The Kier molecular flexibility index (Phi) is 4.61. The number of hydrogen-bond donors (Lipinski definition) is 2. The molecule has 3 rings (SSSR count). The molecule has 2 aromatic carbocycles. The fourth-order valence-corrected chi connectivity index (χ4v) is 2.58. The van der Waals surface area contributed by atoms with Crippen molar-refractivity contribution < 1.29 is 0 Å². The molecule has 0 radical (unpaired) electrons. The lowest BCUT2D eigenvalue weighted by Crippen LogP contribution is -2.34. The zero-order valence-electron chi connectivity index (χ0n) is 13.8. The van der Waals surface area contributed by atoms with Gasteiger partial charge in [0.05, 0.1) is 17.6 Å². The highest BCUT2D eigenvalue weighted by Gasteiger charge is 2.06. The van der Waals surface area contributed by atoms with Gasteiger partial charge in [0.25, 0.3) is 0 Å². The van der Waals surface area contributed by atoms with Crippen LogP contribution in [0.2, 0.25) is 0 Å². The van der Waals surface area contributed by atoms with Crippen LogP contribution in [0.15, 0.2) is 69.3 Å². The van der Waals surface area contributed by atoms with E-state index < -0.39 is 11.1 Å². The fourth-order valence-electron chi connectivity index (χ4n) is 2.58. The average Bonchev–Trinajstić information content (AvgIpc) is 2.64. The van der Waals surface area contributed by atoms with Gasteiger partial charge in [0.2, 0.25) is 0 Å². The van der Waals surface area contributed by atoms with Gasteiger partial charge in [-0.2, -0.15) is 0 Å². The Labute approximate surface area is 144 Å². The van der Waals surface area contributed by atoms with Crippen LogP contribution < -0.4 is 16.9 Å². The molecule has 0 saturated carbocycles. The van der Waals surface area contributed by atoms with Crippen LogP contribution in [-0.4, -0.2) is 15.8 Å². The number of aliphatic imine (C=N–C) groups is 1. The lowest BCUT2D eigenvalue weighted by molar-refractivity contribution is 0.873. The second kappa shape index (κ2) is 7.00. The molecule has 0 saturated heterocycles. The summed E-state index contributed by atoms with van der Waals surface area (Å²) in [5.74, 6) is 0.